The van der Waals surface area contributed by atoms with E-state index in [1.54, 1.807) is 0 Å². The van der Waals surface area contributed by atoms with Crippen LogP contribution in [0.1, 0.15) is 38.8 Å². The molecular weight excluding hydrogens is 222 g/mol. The summed E-state index contributed by atoms with van der Waals surface area (Å²) in [5, 5.41) is 3.44. The molecule has 1 fully saturated rings. The van der Waals surface area contributed by atoms with Gasteiger partial charge in [0.2, 0.25) is 0 Å². The van der Waals surface area contributed by atoms with Crippen LogP contribution in [0.3, 0.4) is 0 Å². The minimum absolute atomic E-state index is 0.686. The van der Waals surface area contributed by atoms with Gasteiger partial charge in [-0.3, -0.25) is 4.98 Å². The highest BCUT2D eigenvalue weighted by Crippen LogP contribution is 2.28. The second kappa shape index (κ2) is 6.19. The number of anilines is 1. The van der Waals surface area contributed by atoms with Crippen LogP contribution in [0.4, 0.5) is 5.69 Å². The van der Waals surface area contributed by atoms with Crippen LogP contribution < -0.4 is 10.2 Å². The number of nitrogens with zero attached hydrogens (tertiary/aromatic N) is 2. The van der Waals surface area contributed by atoms with E-state index in [1.165, 1.54) is 24.9 Å². The second-order valence-corrected chi connectivity index (χ2v) is 5.73. The molecule has 0 unspecified atom stereocenters. The maximum absolute atomic E-state index is 4.43. The number of nitrogens with one attached hydrogen (secondary N) is 1. The lowest BCUT2D eigenvalue weighted by Gasteiger charge is -2.36. The van der Waals surface area contributed by atoms with E-state index in [9.17, 15) is 0 Å². The van der Waals surface area contributed by atoms with Crippen molar-refractivity contribution in [1.29, 1.82) is 0 Å². The first kappa shape index (κ1) is 13.3. The van der Waals surface area contributed by atoms with Crippen LogP contribution in [-0.2, 0) is 6.54 Å². The van der Waals surface area contributed by atoms with Crippen LogP contribution >= 0.6 is 0 Å². The molecule has 1 saturated carbocycles. The summed E-state index contributed by atoms with van der Waals surface area (Å²) in [7, 11) is 2.20. The zero-order chi connectivity index (χ0) is 13.0. The van der Waals surface area contributed by atoms with Gasteiger partial charge in [-0.05, 0) is 43.9 Å². The molecule has 0 atom stereocenters. The van der Waals surface area contributed by atoms with Crippen molar-refractivity contribution in [2.24, 2.45) is 5.92 Å². The van der Waals surface area contributed by atoms with Gasteiger partial charge in [0, 0.05) is 31.5 Å². The normalized spacial score (nSPS) is 15.8. The van der Waals surface area contributed by atoms with Crippen LogP contribution in [0.5, 0.6) is 0 Å². The largest absolute Gasteiger partial charge is 0.372 e. The zero-order valence-corrected chi connectivity index (χ0v) is 11.8. The Morgan fingerprint density at radius 1 is 1.44 bits per heavy atom. The first-order valence-electron chi connectivity index (χ1n) is 7.05. The van der Waals surface area contributed by atoms with Crippen LogP contribution in [0.2, 0.25) is 0 Å². The lowest BCUT2D eigenvalue weighted by atomic mass is 9.91. The summed E-state index contributed by atoms with van der Waals surface area (Å²) >= 11 is 0. The molecule has 1 aliphatic rings. The van der Waals surface area contributed by atoms with Gasteiger partial charge in [-0.25, -0.2) is 0 Å². The quantitative estimate of drug-likeness (QED) is 0.838. The summed E-state index contributed by atoms with van der Waals surface area (Å²) in [6.45, 7) is 6.36. The molecule has 0 aromatic carbocycles. The molecule has 0 aliphatic heterocycles. The summed E-state index contributed by atoms with van der Waals surface area (Å²) < 4.78 is 0. The molecule has 1 aromatic rings. The Balaban J connectivity index is 1.91. The number of rotatable bonds is 6. The number of hydrogen-bond donors (Lipinski definition) is 1. The van der Waals surface area contributed by atoms with E-state index < -0.39 is 0 Å². The molecule has 1 aliphatic carbocycles. The van der Waals surface area contributed by atoms with Crippen molar-refractivity contribution in [3.05, 3.63) is 24.0 Å². The summed E-state index contributed by atoms with van der Waals surface area (Å²) in [6, 6.07) is 5.07. The molecule has 3 nitrogen and oxygen atoms in total. The standard InChI is InChI=1S/C15H25N3/c1-12(2)10-16-11-13-9-15(7-8-17-13)18(3)14-5-4-6-14/h7-9,12,14,16H,4-6,10-11H2,1-3H3. The number of pyridine rings is 1. The van der Waals surface area contributed by atoms with E-state index in [0.717, 1.165) is 24.8 Å². The maximum Gasteiger partial charge on any atom is 0.0562 e. The monoisotopic (exact) mass is 247 g/mol. The minimum atomic E-state index is 0.686. The van der Waals surface area contributed by atoms with Crippen molar-refractivity contribution in [1.82, 2.24) is 10.3 Å². The van der Waals surface area contributed by atoms with Crippen molar-refractivity contribution in [2.45, 2.75) is 45.7 Å². The Bertz CT molecular complexity index is 372. The molecule has 18 heavy (non-hydrogen) atoms. The van der Waals surface area contributed by atoms with Gasteiger partial charge in [0.15, 0.2) is 0 Å². The number of hydrogen-bond acceptors (Lipinski definition) is 3. The predicted molar refractivity (Wildman–Crippen MR) is 76.8 cm³/mol. The molecule has 3 heteroatoms. The van der Waals surface area contributed by atoms with Gasteiger partial charge < -0.3 is 10.2 Å². The Morgan fingerprint density at radius 2 is 2.22 bits per heavy atom. The van der Waals surface area contributed by atoms with Gasteiger partial charge in [0.05, 0.1) is 5.69 Å². The minimum Gasteiger partial charge on any atom is -0.372 e. The van der Waals surface area contributed by atoms with Crippen molar-refractivity contribution >= 4 is 5.69 Å². The molecule has 2 rings (SSSR count). The fourth-order valence-electron chi connectivity index (χ4n) is 2.26. The fourth-order valence-corrected chi connectivity index (χ4v) is 2.26. The summed E-state index contributed by atoms with van der Waals surface area (Å²) in [5.74, 6) is 0.686. The molecule has 1 aromatic heterocycles. The molecule has 0 spiro atoms. The van der Waals surface area contributed by atoms with Gasteiger partial charge in [-0.2, -0.15) is 0 Å². The first-order chi connectivity index (χ1) is 8.66. The van der Waals surface area contributed by atoms with Crippen molar-refractivity contribution in [2.75, 3.05) is 18.5 Å². The number of aromatic nitrogens is 1. The van der Waals surface area contributed by atoms with E-state index in [-0.39, 0.29) is 0 Å². The summed E-state index contributed by atoms with van der Waals surface area (Å²) in [6.07, 6.45) is 5.97. The molecule has 0 amide bonds. The lowest BCUT2D eigenvalue weighted by molar-refractivity contribution is 0.401. The van der Waals surface area contributed by atoms with E-state index in [0.29, 0.717) is 5.92 Å². The third-order valence-corrected chi connectivity index (χ3v) is 3.69. The Labute approximate surface area is 111 Å². The highest BCUT2D eigenvalue weighted by Gasteiger charge is 2.22. The molecule has 0 saturated heterocycles. The smallest absolute Gasteiger partial charge is 0.0562 e. The van der Waals surface area contributed by atoms with E-state index >= 15 is 0 Å². The second-order valence-electron chi connectivity index (χ2n) is 5.73. The third-order valence-electron chi connectivity index (χ3n) is 3.69. The molecule has 1 N–H and O–H groups in total. The molecule has 0 bridgehead atoms. The van der Waals surface area contributed by atoms with Crippen LogP contribution in [0.25, 0.3) is 0 Å². The third kappa shape index (κ3) is 3.45. The van der Waals surface area contributed by atoms with Gasteiger partial charge in [-0.15, -0.1) is 0 Å². The lowest BCUT2D eigenvalue weighted by Crippen LogP contribution is -2.37. The fraction of sp³-hybridized carbons (Fsp3) is 0.667. The highest BCUT2D eigenvalue weighted by molar-refractivity contribution is 5.47. The molecule has 100 valence electrons. The Hall–Kier alpha value is -1.09. The van der Waals surface area contributed by atoms with Gasteiger partial charge >= 0.3 is 0 Å². The Morgan fingerprint density at radius 3 is 2.83 bits per heavy atom. The van der Waals surface area contributed by atoms with Crippen LogP contribution in [0.15, 0.2) is 18.3 Å². The van der Waals surface area contributed by atoms with Crippen LogP contribution in [-0.4, -0.2) is 24.6 Å². The van der Waals surface area contributed by atoms with E-state index in [2.05, 4.69) is 48.2 Å². The van der Waals surface area contributed by atoms with E-state index in [1.807, 2.05) is 6.20 Å². The first-order valence-corrected chi connectivity index (χ1v) is 7.05. The van der Waals surface area contributed by atoms with Gasteiger partial charge in [0.1, 0.15) is 0 Å². The Kier molecular flexibility index (Phi) is 4.59. The highest BCUT2D eigenvalue weighted by atomic mass is 15.1. The molecule has 0 radical (unpaired) electrons. The van der Waals surface area contributed by atoms with Crippen LogP contribution in [0, 0.1) is 5.92 Å². The molecular formula is C15H25N3. The zero-order valence-electron chi connectivity index (χ0n) is 11.8. The average Bonchev–Trinajstić information content (AvgIpc) is 2.26. The van der Waals surface area contributed by atoms with Gasteiger partial charge in [-0.1, -0.05) is 13.8 Å². The molecule has 1 heterocycles. The van der Waals surface area contributed by atoms with Crippen molar-refractivity contribution in [3.63, 3.8) is 0 Å². The average molecular weight is 247 g/mol. The van der Waals surface area contributed by atoms with E-state index in [4.69, 9.17) is 0 Å². The predicted octanol–water partition coefficient (Wildman–Crippen LogP) is 2.82. The summed E-state index contributed by atoms with van der Waals surface area (Å²) in [4.78, 5) is 6.83. The van der Waals surface area contributed by atoms with Gasteiger partial charge in [0.25, 0.3) is 0 Å². The summed E-state index contributed by atoms with van der Waals surface area (Å²) in [5.41, 5.74) is 2.44. The maximum atomic E-state index is 4.43. The van der Waals surface area contributed by atoms with Crippen molar-refractivity contribution < 1.29 is 0 Å². The SMILES string of the molecule is CC(C)CNCc1cc(N(C)C2CCC2)ccn1. The topological polar surface area (TPSA) is 28.2 Å². The van der Waals surface area contributed by atoms with Crippen molar-refractivity contribution in [3.8, 4) is 0 Å².